The van der Waals surface area contributed by atoms with Crippen LogP contribution >= 0.6 is 0 Å². The lowest BCUT2D eigenvalue weighted by atomic mass is 10.1. The van der Waals surface area contributed by atoms with Crippen molar-refractivity contribution < 1.29 is 23.5 Å². The highest BCUT2D eigenvalue weighted by Gasteiger charge is 2.26. The van der Waals surface area contributed by atoms with Gasteiger partial charge in [0, 0.05) is 6.54 Å². The Hall–Kier alpha value is -3.74. The molecule has 2 aromatic carbocycles. The molecule has 7 heteroatoms. The molecule has 1 atom stereocenters. The van der Waals surface area contributed by atoms with Gasteiger partial charge in [0.05, 0.1) is 33.4 Å². The van der Waals surface area contributed by atoms with Crippen molar-refractivity contribution in [3.63, 3.8) is 0 Å². The first-order valence-corrected chi connectivity index (χ1v) is 10.4. The molecule has 1 heterocycles. The Labute approximate surface area is 187 Å². The zero-order chi connectivity index (χ0) is 22.9. The second-order valence-corrected chi connectivity index (χ2v) is 7.35. The number of rotatable bonds is 10. The molecule has 3 aromatic rings. The summed E-state index contributed by atoms with van der Waals surface area (Å²) < 4.78 is 15.9. The van der Waals surface area contributed by atoms with Gasteiger partial charge in [-0.3, -0.25) is 9.59 Å². The fourth-order valence-electron chi connectivity index (χ4n) is 3.36. The maximum atomic E-state index is 13.3. The molecule has 0 fully saturated rings. The van der Waals surface area contributed by atoms with Crippen LogP contribution in [0.25, 0.3) is 0 Å². The number of nitrogens with one attached hydrogen (secondary N) is 1. The van der Waals surface area contributed by atoms with E-state index in [2.05, 4.69) is 5.32 Å². The molecule has 0 spiro atoms. The van der Waals surface area contributed by atoms with Crippen LogP contribution in [0.2, 0.25) is 0 Å². The summed E-state index contributed by atoms with van der Waals surface area (Å²) >= 11 is 0. The quantitative estimate of drug-likeness (QED) is 0.526. The summed E-state index contributed by atoms with van der Waals surface area (Å²) in [6, 6.07) is 17.9. The van der Waals surface area contributed by atoms with Crippen LogP contribution in [0.4, 0.5) is 0 Å². The molecule has 0 radical (unpaired) electrons. The number of ether oxygens (including phenoxy) is 2. The van der Waals surface area contributed by atoms with E-state index in [9.17, 15) is 9.59 Å². The number of carbonyl (C=O) groups is 2. The van der Waals surface area contributed by atoms with E-state index in [0.717, 1.165) is 11.1 Å². The second kappa shape index (κ2) is 11.0. The summed E-state index contributed by atoms with van der Waals surface area (Å²) in [5, 5.41) is 2.84. The van der Waals surface area contributed by atoms with Gasteiger partial charge in [-0.05, 0) is 42.3 Å². The number of methoxy groups -OCH3 is 2. The molecule has 3 rings (SSSR count). The molecule has 0 aliphatic heterocycles. The normalized spacial score (nSPS) is 11.5. The Balaban J connectivity index is 1.76. The molecule has 168 valence electrons. The molecule has 1 N–H and O–H groups in total. The van der Waals surface area contributed by atoms with Crippen LogP contribution in [0, 0.1) is 0 Å². The highest BCUT2D eigenvalue weighted by atomic mass is 16.5. The molecule has 1 aromatic heterocycles. The lowest BCUT2D eigenvalue weighted by Crippen LogP contribution is -2.47. The van der Waals surface area contributed by atoms with Crippen molar-refractivity contribution in [2.75, 3.05) is 14.2 Å². The first-order chi connectivity index (χ1) is 15.5. The van der Waals surface area contributed by atoms with E-state index in [4.69, 9.17) is 13.9 Å². The first-order valence-electron chi connectivity index (χ1n) is 10.4. The first kappa shape index (κ1) is 22.9. The summed E-state index contributed by atoms with van der Waals surface area (Å²) in [7, 11) is 3.11. The van der Waals surface area contributed by atoms with E-state index in [1.54, 1.807) is 56.6 Å². The minimum absolute atomic E-state index is 0.128. The molecule has 7 nitrogen and oxygen atoms in total. The predicted molar refractivity (Wildman–Crippen MR) is 120 cm³/mol. The Bertz CT molecular complexity index is 1020. The van der Waals surface area contributed by atoms with Gasteiger partial charge in [0.1, 0.15) is 11.8 Å². The molecule has 32 heavy (non-hydrogen) atoms. The number of furan rings is 1. The Morgan fingerprint density at radius 3 is 2.38 bits per heavy atom. The highest BCUT2D eigenvalue weighted by molar-refractivity contribution is 5.88. The third-order valence-corrected chi connectivity index (χ3v) is 5.18. The van der Waals surface area contributed by atoms with Gasteiger partial charge >= 0.3 is 0 Å². The average Bonchev–Trinajstić information content (AvgIpc) is 3.34. The predicted octanol–water partition coefficient (Wildman–Crippen LogP) is 3.57. The van der Waals surface area contributed by atoms with Crippen LogP contribution < -0.4 is 14.8 Å². The lowest BCUT2D eigenvalue weighted by Gasteiger charge is -2.29. The van der Waals surface area contributed by atoms with E-state index in [1.165, 1.54) is 0 Å². The van der Waals surface area contributed by atoms with E-state index in [0.29, 0.717) is 23.8 Å². The SMILES string of the molecule is COc1ccc(CC(=O)N(Cc2ccccc2)[C@@H](C)C(=O)NCc2ccco2)cc1OC. The maximum absolute atomic E-state index is 13.3. The van der Waals surface area contributed by atoms with Gasteiger partial charge in [-0.25, -0.2) is 0 Å². The summed E-state index contributed by atoms with van der Waals surface area (Å²) in [5.41, 5.74) is 1.72. The van der Waals surface area contributed by atoms with Gasteiger partial charge in [-0.2, -0.15) is 0 Å². The van der Waals surface area contributed by atoms with Crippen LogP contribution in [0.5, 0.6) is 11.5 Å². The van der Waals surface area contributed by atoms with E-state index in [1.807, 2.05) is 36.4 Å². The van der Waals surface area contributed by atoms with Gasteiger partial charge in [0.2, 0.25) is 11.8 Å². The number of hydrogen-bond donors (Lipinski definition) is 1. The average molecular weight is 437 g/mol. The fraction of sp³-hybridized carbons (Fsp3) is 0.280. The second-order valence-electron chi connectivity index (χ2n) is 7.35. The zero-order valence-corrected chi connectivity index (χ0v) is 18.5. The van der Waals surface area contributed by atoms with Crippen molar-refractivity contribution in [2.24, 2.45) is 0 Å². The van der Waals surface area contributed by atoms with Crippen LogP contribution in [-0.4, -0.2) is 37.0 Å². The fourth-order valence-corrected chi connectivity index (χ4v) is 3.36. The lowest BCUT2D eigenvalue weighted by molar-refractivity contribution is -0.140. The molecule has 0 bridgehead atoms. The standard InChI is InChI=1S/C25H28N2O5/c1-18(25(29)26-16-21-10-7-13-32-21)27(17-19-8-5-4-6-9-19)24(28)15-20-11-12-22(30-2)23(14-20)31-3/h4-14,18H,15-17H2,1-3H3,(H,26,29)/t18-/m0/s1. The van der Waals surface area contributed by atoms with Gasteiger partial charge in [-0.15, -0.1) is 0 Å². The van der Waals surface area contributed by atoms with Gasteiger partial charge < -0.3 is 24.1 Å². The van der Waals surface area contributed by atoms with Crippen LogP contribution in [0.3, 0.4) is 0 Å². The van der Waals surface area contributed by atoms with Crippen molar-refractivity contribution in [3.05, 3.63) is 83.8 Å². The third-order valence-electron chi connectivity index (χ3n) is 5.18. The van der Waals surface area contributed by atoms with E-state index < -0.39 is 6.04 Å². The Morgan fingerprint density at radius 1 is 0.969 bits per heavy atom. The molecule has 0 saturated heterocycles. The van der Waals surface area contributed by atoms with Crippen molar-refractivity contribution in [1.82, 2.24) is 10.2 Å². The molecule has 0 unspecified atom stereocenters. The number of hydrogen-bond acceptors (Lipinski definition) is 5. The Morgan fingerprint density at radius 2 is 1.72 bits per heavy atom. The van der Waals surface area contributed by atoms with Gasteiger partial charge in [0.25, 0.3) is 0 Å². The van der Waals surface area contributed by atoms with Crippen LogP contribution in [0.15, 0.2) is 71.3 Å². The smallest absolute Gasteiger partial charge is 0.242 e. The third kappa shape index (κ3) is 5.91. The van der Waals surface area contributed by atoms with Crippen molar-refractivity contribution in [1.29, 1.82) is 0 Å². The number of carbonyl (C=O) groups excluding carboxylic acids is 2. The summed E-state index contributed by atoms with van der Waals surface area (Å²) in [6.07, 6.45) is 1.68. The van der Waals surface area contributed by atoms with Crippen molar-refractivity contribution in [3.8, 4) is 11.5 Å². The molecule has 0 saturated carbocycles. The number of nitrogens with zero attached hydrogens (tertiary/aromatic N) is 1. The summed E-state index contributed by atoms with van der Waals surface area (Å²) in [6.45, 7) is 2.31. The van der Waals surface area contributed by atoms with Crippen LogP contribution in [0.1, 0.15) is 23.8 Å². The topological polar surface area (TPSA) is 81.0 Å². The van der Waals surface area contributed by atoms with E-state index >= 15 is 0 Å². The Kier molecular flexibility index (Phi) is 7.91. The van der Waals surface area contributed by atoms with Gasteiger partial charge in [-0.1, -0.05) is 36.4 Å². The molecular formula is C25H28N2O5. The molecule has 0 aliphatic carbocycles. The van der Waals surface area contributed by atoms with Crippen LogP contribution in [-0.2, 0) is 29.1 Å². The summed E-state index contributed by atoms with van der Waals surface area (Å²) in [5.74, 6) is 1.38. The highest BCUT2D eigenvalue weighted by Crippen LogP contribution is 2.28. The number of benzene rings is 2. The minimum atomic E-state index is -0.669. The molecule has 2 amide bonds. The monoisotopic (exact) mass is 436 g/mol. The summed E-state index contributed by atoms with van der Waals surface area (Å²) in [4.78, 5) is 27.7. The maximum Gasteiger partial charge on any atom is 0.242 e. The molecular weight excluding hydrogens is 408 g/mol. The molecule has 0 aliphatic rings. The van der Waals surface area contributed by atoms with Crippen molar-refractivity contribution >= 4 is 11.8 Å². The van der Waals surface area contributed by atoms with E-state index in [-0.39, 0.29) is 24.8 Å². The van der Waals surface area contributed by atoms with Crippen molar-refractivity contribution in [2.45, 2.75) is 32.5 Å². The van der Waals surface area contributed by atoms with Gasteiger partial charge in [0.15, 0.2) is 11.5 Å². The largest absolute Gasteiger partial charge is 0.493 e. The number of amides is 2. The zero-order valence-electron chi connectivity index (χ0n) is 18.5. The minimum Gasteiger partial charge on any atom is -0.493 e.